The molecule has 0 aliphatic carbocycles. The number of hydrogen-bond acceptors (Lipinski definition) is 5. The van der Waals surface area contributed by atoms with Crippen molar-refractivity contribution >= 4 is 35.0 Å². The van der Waals surface area contributed by atoms with Crippen LogP contribution in [-0.2, 0) is 9.59 Å². The second-order valence-electron chi connectivity index (χ2n) is 8.84. The fourth-order valence-electron chi connectivity index (χ4n) is 4.27. The average molecular weight is 509 g/mol. The number of dihydropyridines is 1. The highest BCUT2D eigenvalue weighted by molar-refractivity contribution is 8.03. The number of allylic oxidation sites excluding steroid dienone is 2. The first kappa shape index (κ1) is 25.8. The lowest BCUT2D eigenvalue weighted by Crippen LogP contribution is -2.31. The Labute approximate surface area is 221 Å². The zero-order valence-corrected chi connectivity index (χ0v) is 21.8. The maximum absolute atomic E-state index is 13.6. The van der Waals surface area contributed by atoms with Gasteiger partial charge in [0.2, 0.25) is 5.91 Å². The number of para-hydroxylation sites is 1. The summed E-state index contributed by atoms with van der Waals surface area (Å²) >= 11 is 1.25. The van der Waals surface area contributed by atoms with Crippen LogP contribution in [0.2, 0.25) is 0 Å². The van der Waals surface area contributed by atoms with Gasteiger partial charge in [0, 0.05) is 22.6 Å². The van der Waals surface area contributed by atoms with Crippen LogP contribution in [0.5, 0.6) is 0 Å². The molecule has 0 spiro atoms. The second-order valence-corrected chi connectivity index (χ2v) is 9.82. The van der Waals surface area contributed by atoms with Gasteiger partial charge in [-0.15, -0.1) is 0 Å². The monoisotopic (exact) mass is 508 g/mol. The molecule has 1 aliphatic heterocycles. The van der Waals surface area contributed by atoms with Crippen molar-refractivity contribution in [1.82, 2.24) is 5.32 Å². The number of aryl methyl sites for hydroxylation is 2. The minimum atomic E-state index is -0.571. The zero-order chi connectivity index (χ0) is 26.4. The zero-order valence-electron chi connectivity index (χ0n) is 21.0. The Morgan fingerprint density at radius 1 is 0.946 bits per heavy atom. The molecule has 0 saturated carbocycles. The summed E-state index contributed by atoms with van der Waals surface area (Å²) in [6.45, 7) is 5.72. The van der Waals surface area contributed by atoms with Crippen LogP contribution in [0.3, 0.4) is 0 Å². The number of amides is 2. The number of nitriles is 1. The first-order valence-electron chi connectivity index (χ1n) is 11.9. The fraction of sp³-hybridized carbons (Fsp3) is 0.167. The molecule has 1 heterocycles. The second kappa shape index (κ2) is 11.6. The lowest BCUT2D eigenvalue weighted by atomic mass is 9.82. The quantitative estimate of drug-likeness (QED) is 0.363. The van der Waals surface area contributed by atoms with Crippen molar-refractivity contribution < 1.29 is 9.59 Å². The van der Waals surface area contributed by atoms with Gasteiger partial charge in [-0.1, -0.05) is 72.4 Å². The van der Waals surface area contributed by atoms with Crippen molar-refractivity contribution in [2.24, 2.45) is 0 Å². The van der Waals surface area contributed by atoms with E-state index in [1.54, 1.807) is 0 Å². The molecule has 1 atom stereocenters. The lowest BCUT2D eigenvalue weighted by molar-refractivity contribution is -0.114. The van der Waals surface area contributed by atoms with Gasteiger partial charge < -0.3 is 16.0 Å². The van der Waals surface area contributed by atoms with Gasteiger partial charge in [0.1, 0.15) is 0 Å². The normalized spacial score (nSPS) is 15.0. The van der Waals surface area contributed by atoms with E-state index in [2.05, 4.69) is 22.0 Å². The van der Waals surface area contributed by atoms with Crippen LogP contribution >= 0.6 is 11.8 Å². The van der Waals surface area contributed by atoms with Crippen LogP contribution < -0.4 is 16.0 Å². The number of benzene rings is 3. The van der Waals surface area contributed by atoms with E-state index in [1.807, 2.05) is 99.6 Å². The molecule has 1 aliphatic rings. The van der Waals surface area contributed by atoms with Crippen molar-refractivity contribution in [2.45, 2.75) is 26.7 Å². The predicted octanol–water partition coefficient (Wildman–Crippen LogP) is 6.01. The van der Waals surface area contributed by atoms with E-state index in [-0.39, 0.29) is 17.6 Å². The Hall–Kier alpha value is -4.28. The summed E-state index contributed by atoms with van der Waals surface area (Å²) in [5, 5.41) is 19.9. The van der Waals surface area contributed by atoms with Gasteiger partial charge in [-0.3, -0.25) is 9.59 Å². The van der Waals surface area contributed by atoms with Gasteiger partial charge >= 0.3 is 0 Å². The molecule has 0 unspecified atom stereocenters. The van der Waals surface area contributed by atoms with E-state index in [0.29, 0.717) is 21.9 Å². The molecule has 0 aromatic heterocycles. The number of thioether (sulfide) groups is 1. The standard InChI is InChI=1S/C30H28N4O2S/c1-19-10-9-14-23(16-19)33-26(35)18-37-30-24(17-31)28(22-12-5-4-6-13-22)27(21(3)32-30)29(36)34-25-15-8-7-11-20(25)2/h4-16,28,32H,18H2,1-3H3,(H,33,35)(H,34,36)/t28-/m0/s1. The summed E-state index contributed by atoms with van der Waals surface area (Å²) in [4.78, 5) is 26.2. The third-order valence-corrected chi connectivity index (χ3v) is 7.08. The molecule has 4 rings (SSSR count). The molecular weight excluding hydrogens is 480 g/mol. The van der Waals surface area contributed by atoms with Crippen LogP contribution in [-0.4, -0.2) is 17.6 Å². The van der Waals surface area contributed by atoms with Gasteiger partial charge in [-0.25, -0.2) is 0 Å². The van der Waals surface area contributed by atoms with Gasteiger partial charge in [-0.2, -0.15) is 5.26 Å². The number of nitrogens with zero attached hydrogens (tertiary/aromatic N) is 1. The van der Waals surface area contributed by atoms with Crippen LogP contribution in [0, 0.1) is 25.2 Å². The predicted molar refractivity (Wildman–Crippen MR) is 150 cm³/mol. The molecule has 7 heteroatoms. The number of carbonyl (C=O) groups excluding carboxylic acids is 2. The van der Waals surface area contributed by atoms with Crippen LogP contribution in [0.25, 0.3) is 0 Å². The average Bonchev–Trinajstić information content (AvgIpc) is 2.88. The molecule has 2 amide bonds. The molecule has 0 fully saturated rings. The summed E-state index contributed by atoms with van der Waals surface area (Å²) in [5.41, 5.74) is 5.79. The Morgan fingerprint density at radius 2 is 1.68 bits per heavy atom. The number of nitrogens with one attached hydrogen (secondary N) is 3. The van der Waals surface area contributed by atoms with Gasteiger partial charge in [-0.05, 0) is 55.7 Å². The Morgan fingerprint density at radius 3 is 2.38 bits per heavy atom. The summed E-state index contributed by atoms with van der Waals surface area (Å²) in [5.74, 6) is -0.912. The first-order valence-corrected chi connectivity index (χ1v) is 12.9. The maximum atomic E-state index is 13.6. The molecule has 0 bridgehead atoms. The molecule has 6 nitrogen and oxygen atoms in total. The van der Waals surface area contributed by atoms with Crippen molar-refractivity contribution in [3.8, 4) is 6.07 Å². The SMILES string of the molecule is CC1=C(C(=O)Nc2ccccc2C)[C@@H](c2ccccc2)C(C#N)=C(SCC(=O)Nc2cccc(C)c2)N1. The van der Waals surface area contributed by atoms with Crippen LogP contribution in [0.15, 0.2) is 101 Å². The van der Waals surface area contributed by atoms with E-state index in [9.17, 15) is 14.9 Å². The molecule has 3 aromatic carbocycles. The largest absolute Gasteiger partial charge is 0.353 e. The molecule has 0 saturated heterocycles. The highest BCUT2D eigenvalue weighted by Crippen LogP contribution is 2.41. The van der Waals surface area contributed by atoms with Crippen LogP contribution in [0.1, 0.15) is 29.5 Å². The Kier molecular flexibility index (Phi) is 8.11. The lowest BCUT2D eigenvalue weighted by Gasteiger charge is -2.30. The molecule has 3 N–H and O–H groups in total. The van der Waals surface area contributed by atoms with E-state index in [0.717, 1.165) is 28.1 Å². The summed E-state index contributed by atoms with van der Waals surface area (Å²) in [6.07, 6.45) is 0. The Bertz CT molecular complexity index is 1440. The topological polar surface area (TPSA) is 94.0 Å². The first-order chi connectivity index (χ1) is 17.9. The summed E-state index contributed by atoms with van der Waals surface area (Å²) in [6, 6.07) is 27.0. The highest BCUT2D eigenvalue weighted by Gasteiger charge is 2.35. The molecule has 37 heavy (non-hydrogen) atoms. The summed E-state index contributed by atoms with van der Waals surface area (Å²) in [7, 11) is 0. The third-order valence-electron chi connectivity index (χ3n) is 6.07. The third kappa shape index (κ3) is 6.11. The minimum Gasteiger partial charge on any atom is -0.353 e. The molecular formula is C30H28N4O2S. The van der Waals surface area contributed by atoms with Crippen LogP contribution in [0.4, 0.5) is 11.4 Å². The smallest absolute Gasteiger partial charge is 0.254 e. The minimum absolute atomic E-state index is 0.112. The number of anilines is 2. The van der Waals surface area contributed by atoms with Crippen molar-refractivity contribution in [1.29, 1.82) is 5.26 Å². The van der Waals surface area contributed by atoms with E-state index < -0.39 is 5.92 Å². The molecule has 186 valence electrons. The van der Waals surface area contributed by atoms with Gasteiger partial charge in [0.25, 0.3) is 5.91 Å². The number of carbonyl (C=O) groups is 2. The van der Waals surface area contributed by atoms with Crippen molar-refractivity contribution in [3.05, 3.63) is 117 Å². The van der Waals surface area contributed by atoms with Crippen molar-refractivity contribution in [3.63, 3.8) is 0 Å². The van der Waals surface area contributed by atoms with Gasteiger partial charge in [0.15, 0.2) is 0 Å². The van der Waals surface area contributed by atoms with E-state index in [4.69, 9.17) is 0 Å². The summed E-state index contributed by atoms with van der Waals surface area (Å²) < 4.78 is 0. The highest BCUT2D eigenvalue weighted by atomic mass is 32.2. The number of rotatable bonds is 7. The fourth-order valence-corrected chi connectivity index (χ4v) is 5.16. The van der Waals surface area contributed by atoms with E-state index >= 15 is 0 Å². The molecule has 3 aromatic rings. The molecule has 0 radical (unpaired) electrons. The van der Waals surface area contributed by atoms with Gasteiger partial charge in [0.05, 0.1) is 28.3 Å². The van der Waals surface area contributed by atoms with Crippen molar-refractivity contribution in [2.75, 3.05) is 16.4 Å². The van der Waals surface area contributed by atoms with E-state index in [1.165, 1.54) is 11.8 Å². The maximum Gasteiger partial charge on any atom is 0.254 e. The number of hydrogen-bond donors (Lipinski definition) is 3. The Balaban J connectivity index is 1.62.